The molecule has 3 rings (SSSR count). The van der Waals surface area contributed by atoms with E-state index in [0.717, 1.165) is 45.7 Å². The average molecular weight is 386 g/mol. The van der Waals surface area contributed by atoms with Gasteiger partial charge in [0.25, 0.3) is 0 Å². The number of amides is 1. The Morgan fingerprint density at radius 2 is 2.04 bits per heavy atom. The SMILES string of the molecule is Cc1c(C=CC(N)=O)ccc(OCc2cc(Cl)cc3c2OC(C)(C)C3)c1C. The fourth-order valence-electron chi connectivity index (χ4n) is 3.33. The van der Waals surface area contributed by atoms with Gasteiger partial charge in [0.15, 0.2) is 0 Å². The predicted molar refractivity (Wildman–Crippen MR) is 108 cm³/mol. The van der Waals surface area contributed by atoms with E-state index in [2.05, 4.69) is 13.8 Å². The molecule has 4 nitrogen and oxygen atoms in total. The van der Waals surface area contributed by atoms with Crippen LogP contribution in [-0.2, 0) is 17.8 Å². The first-order valence-electron chi connectivity index (χ1n) is 8.87. The molecule has 0 aromatic heterocycles. The lowest BCUT2D eigenvalue weighted by atomic mass is 10.0. The lowest BCUT2D eigenvalue weighted by Crippen LogP contribution is -2.25. The van der Waals surface area contributed by atoms with Crippen molar-refractivity contribution >= 4 is 23.6 Å². The van der Waals surface area contributed by atoms with E-state index in [1.165, 1.54) is 6.08 Å². The molecule has 0 aliphatic carbocycles. The Hall–Kier alpha value is -2.46. The lowest BCUT2D eigenvalue weighted by molar-refractivity contribution is -0.113. The fourth-order valence-corrected chi connectivity index (χ4v) is 3.60. The van der Waals surface area contributed by atoms with Gasteiger partial charge >= 0.3 is 0 Å². The number of halogens is 1. The van der Waals surface area contributed by atoms with Crippen LogP contribution in [-0.4, -0.2) is 11.5 Å². The van der Waals surface area contributed by atoms with Crippen molar-refractivity contribution in [2.75, 3.05) is 0 Å². The number of benzene rings is 2. The third-order valence-electron chi connectivity index (χ3n) is 4.79. The first-order valence-corrected chi connectivity index (χ1v) is 9.25. The second-order valence-corrected chi connectivity index (χ2v) is 7.96. The van der Waals surface area contributed by atoms with E-state index in [4.69, 9.17) is 26.8 Å². The molecule has 0 saturated carbocycles. The van der Waals surface area contributed by atoms with Crippen molar-refractivity contribution in [3.63, 3.8) is 0 Å². The highest BCUT2D eigenvalue weighted by molar-refractivity contribution is 6.30. The quantitative estimate of drug-likeness (QED) is 0.755. The minimum Gasteiger partial charge on any atom is -0.488 e. The van der Waals surface area contributed by atoms with Crippen molar-refractivity contribution in [3.8, 4) is 11.5 Å². The Balaban J connectivity index is 1.83. The van der Waals surface area contributed by atoms with Gasteiger partial charge in [-0.2, -0.15) is 0 Å². The summed E-state index contributed by atoms with van der Waals surface area (Å²) in [6.07, 6.45) is 3.90. The molecule has 0 fully saturated rings. The van der Waals surface area contributed by atoms with Gasteiger partial charge in [0, 0.05) is 23.1 Å². The maximum Gasteiger partial charge on any atom is 0.241 e. The van der Waals surface area contributed by atoms with Crippen LogP contribution in [0.1, 0.15) is 41.7 Å². The van der Waals surface area contributed by atoms with Crippen LogP contribution in [0.2, 0.25) is 5.02 Å². The molecule has 1 amide bonds. The van der Waals surface area contributed by atoms with Gasteiger partial charge in [-0.15, -0.1) is 0 Å². The van der Waals surface area contributed by atoms with Gasteiger partial charge in [0.1, 0.15) is 23.7 Å². The summed E-state index contributed by atoms with van der Waals surface area (Å²) < 4.78 is 12.2. The lowest BCUT2D eigenvalue weighted by Gasteiger charge is -2.19. The van der Waals surface area contributed by atoms with Crippen LogP contribution >= 0.6 is 11.6 Å². The average Bonchev–Trinajstić information content (AvgIpc) is 2.88. The highest BCUT2D eigenvalue weighted by atomic mass is 35.5. The highest BCUT2D eigenvalue weighted by Crippen LogP contribution is 2.40. The molecule has 0 spiro atoms. The molecule has 0 unspecified atom stereocenters. The van der Waals surface area contributed by atoms with E-state index in [9.17, 15) is 4.79 Å². The number of hydrogen-bond acceptors (Lipinski definition) is 3. The van der Waals surface area contributed by atoms with Crippen molar-refractivity contribution in [1.29, 1.82) is 0 Å². The van der Waals surface area contributed by atoms with Crippen molar-refractivity contribution in [3.05, 3.63) is 63.2 Å². The zero-order valence-electron chi connectivity index (χ0n) is 16.1. The second kappa shape index (κ2) is 7.28. The Kier molecular flexibility index (Phi) is 5.20. The molecule has 0 bridgehead atoms. The van der Waals surface area contributed by atoms with Crippen LogP contribution in [0.4, 0.5) is 0 Å². The minimum atomic E-state index is -0.467. The monoisotopic (exact) mass is 385 g/mol. The Morgan fingerprint density at radius 3 is 2.74 bits per heavy atom. The largest absolute Gasteiger partial charge is 0.488 e. The number of carbonyl (C=O) groups excluding carboxylic acids is 1. The summed E-state index contributed by atoms with van der Waals surface area (Å²) in [5.74, 6) is 1.19. The zero-order valence-corrected chi connectivity index (χ0v) is 16.8. The fraction of sp³-hybridized carbons (Fsp3) is 0.318. The van der Waals surface area contributed by atoms with Gasteiger partial charge in [-0.05, 0) is 74.2 Å². The maximum absolute atomic E-state index is 10.9. The number of fused-ring (bicyclic) bond motifs is 1. The molecule has 1 heterocycles. The summed E-state index contributed by atoms with van der Waals surface area (Å²) >= 11 is 6.28. The number of carbonyl (C=O) groups is 1. The van der Waals surface area contributed by atoms with Crippen LogP contribution in [0.3, 0.4) is 0 Å². The molecular weight excluding hydrogens is 362 g/mol. The first-order chi connectivity index (χ1) is 12.7. The predicted octanol–water partition coefficient (Wildman–Crippen LogP) is 4.75. The third-order valence-corrected chi connectivity index (χ3v) is 5.01. The molecule has 2 N–H and O–H groups in total. The van der Waals surface area contributed by atoms with E-state index in [0.29, 0.717) is 11.6 Å². The van der Waals surface area contributed by atoms with Crippen molar-refractivity contribution in [2.45, 2.75) is 46.3 Å². The molecule has 1 aliphatic heterocycles. The second-order valence-electron chi connectivity index (χ2n) is 7.52. The molecular formula is C22H24ClNO3. The van der Waals surface area contributed by atoms with Crippen LogP contribution in [0, 0.1) is 13.8 Å². The van der Waals surface area contributed by atoms with Crippen LogP contribution in [0.5, 0.6) is 11.5 Å². The molecule has 2 aromatic carbocycles. The summed E-state index contributed by atoms with van der Waals surface area (Å²) in [6, 6.07) is 7.68. The standard InChI is InChI=1S/C22H24ClNO3/c1-13-14(2)19(7-5-15(13)6-8-20(24)25)26-12-17-10-18(23)9-16-11-22(3,4)27-21(16)17/h5-10H,11-12H2,1-4H3,(H2,24,25). The summed E-state index contributed by atoms with van der Waals surface area (Å²) in [6.45, 7) is 8.49. The molecule has 0 saturated heterocycles. The van der Waals surface area contributed by atoms with Crippen LogP contribution in [0.15, 0.2) is 30.3 Å². The minimum absolute atomic E-state index is 0.233. The molecule has 5 heteroatoms. The molecule has 0 atom stereocenters. The number of rotatable bonds is 5. The van der Waals surface area contributed by atoms with Gasteiger partial charge in [0.05, 0.1) is 0 Å². The van der Waals surface area contributed by atoms with E-state index in [1.54, 1.807) is 6.08 Å². The maximum atomic E-state index is 10.9. The normalized spacial score (nSPS) is 14.9. The highest BCUT2D eigenvalue weighted by Gasteiger charge is 2.32. The van der Waals surface area contributed by atoms with Gasteiger partial charge in [-0.3, -0.25) is 4.79 Å². The zero-order chi connectivity index (χ0) is 19.8. The molecule has 1 aliphatic rings. The van der Waals surface area contributed by atoms with Crippen molar-refractivity contribution in [2.24, 2.45) is 5.73 Å². The van der Waals surface area contributed by atoms with Gasteiger partial charge in [-0.25, -0.2) is 0 Å². The number of hydrogen-bond donors (Lipinski definition) is 1. The van der Waals surface area contributed by atoms with E-state index in [-0.39, 0.29) is 5.60 Å². The summed E-state index contributed by atoms with van der Waals surface area (Å²) in [7, 11) is 0. The topological polar surface area (TPSA) is 61.6 Å². The Labute approximate surface area is 164 Å². The van der Waals surface area contributed by atoms with E-state index < -0.39 is 5.91 Å². The van der Waals surface area contributed by atoms with Crippen molar-refractivity contribution in [1.82, 2.24) is 0 Å². The summed E-state index contributed by atoms with van der Waals surface area (Å²) in [4.78, 5) is 10.9. The van der Waals surface area contributed by atoms with Gasteiger partial charge < -0.3 is 15.2 Å². The third kappa shape index (κ3) is 4.28. The Morgan fingerprint density at radius 1 is 1.30 bits per heavy atom. The van der Waals surface area contributed by atoms with E-state index in [1.807, 2.05) is 38.1 Å². The number of ether oxygens (including phenoxy) is 2. The van der Waals surface area contributed by atoms with Crippen LogP contribution in [0.25, 0.3) is 6.08 Å². The Bertz CT molecular complexity index is 932. The smallest absolute Gasteiger partial charge is 0.241 e. The number of nitrogens with two attached hydrogens (primary N) is 1. The van der Waals surface area contributed by atoms with Gasteiger partial charge in [0.2, 0.25) is 5.91 Å². The van der Waals surface area contributed by atoms with E-state index >= 15 is 0 Å². The molecule has 2 aromatic rings. The van der Waals surface area contributed by atoms with Gasteiger partial charge in [-0.1, -0.05) is 17.7 Å². The summed E-state index contributed by atoms with van der Waals surface area (Å²) in [5.41, 5.74) is 9.99. The van der Waals surface area contributed by atoms with Crippen molar-refractivity contribution < 1.29 is 14.3 Å². The summed E-state index contributed by atoms with van der Waals surface area (Å²) in [5, 5.41) is 0.688. The first kappa shape index (κ1) is 19.3. The van der Waals surface area contributed by atoms with Crippen LogP contribution < -0.4 is 15.2 Å². The molecule has 142 valence electrons. The molecule has 0 radical (unpaired) electrons. The molecule has 27 heavy (non-hydrogen) atoms. The number of primary amides is 1.